The minimum atomic E-state index is -0.0546. The number of hydrogen-bond donors (Lipinski definition) is 2. The number of hydrogen-bond acceptors (Lipinski definition) is 3. The summed E-state index contributed by atoms with van der Waals surface area (Å²) in [5, 5.41) is 6.42. The zero-order valence-corrected chi connectivity index (χ0v) is 12.8. The molecule has 0 aliphatic carbocycles. The van der Waals surface area contributed by atoms with E-state index in [-0.39, 0.29) is 5.91 Å². The molecular weight excluding hydrogens is 274 g/mol. The van der Waals surface area contributed by atoms with Crippen LogP contribution in [0, 0.1) is 5.92 Å². The van der Waals surface area contributed by atoms with Crippen LogP contribution in [-0.2, 0) is 4.79 Å². The number of likely N-dealkylation sites (N-methyl/N-ethyl adjacent to an activating group) is 1. The van der Waals surface area contributed by atoms with Gasteiger partial charge in [-0.3, -0.25) is 4.79 Å². The summed E-state index contributed by atoms with van der Waals surface area (Å²) >= 11 is 6.06. The average molecular weight is 296 g/mol. The van der Waals surface area contributed by atoms with Gasteiger partial charge >= 0.3 is 0 Å². The van der Waals surface area contributed by atoms with Gasteiger partial charge in [0.2, 0.25) is 5.91 Å². The Morgan fingerprint density at radius 1 is 1.50 bits per heavy atom. The van der Waals surface area contributed by atoms with Crippen molar-refractivity contribution in [3.8, 4) is 0 Å². The number of carbonyl (C=O) groups is 1. The lowest BCUT2D eigenvalue weighted by atomic mass is 9.99. The highest BCUT2D eigenvalue weighted by Crippen LogP contribution is 2.32. The van der Waals surface area contributed by atoms with Gasteiger partial charge in [-0.1, -0.05) is 18.5 Å². The molecule has 1 heterocycles. The summed E-state index contributed by atoms with van der Waals surface area (Å²) in [5.41, 5.74) is 1.86. The van der Waals surface area contributed by atoms with Gasteiger partial charge in [-0.2, -0.15) is 0 Å². The quantitative estimate of drug-likeness (QED) is 0.898. The summed E-state index contributed by atoms with van der Waals surface area (Å²) in [4.78, 5) is 14.1. The van der Waals surface area contributed by atoms with Crippen LogP contribution in [0.1, 0.15) is 19.8 Å². The fourth-order valence-corrected chi connectivity index (χ4v) is 2.82. The average Bonchev–Trinajstić information content (AvgIpc) is 2.39. The summed E-state index contributed by atoms with van der Waals surface area (Å²) < 4.78 is 0. The predicted molar refractivity (Wildman–Crippen MR) is 84.6 cm³/mol. The maximum atomic E-state index is 11.8. The summed E-state index contributed by atoms with van der Waals surface area (Å²) in [6.45, 7) is 4.61. The third-order valence-corrected chi connectivity index (χ3v) is 3.80. The minimum Gasteiger partial charge on any atom is -0.370 e. The van der Waals surface area contributed by atoms with Crippen LogP contribution in [0.25, 0.3) is 0 Å². The largest absolute Gasteiger partial charge is 0.370 e. The molecule has 0 bridgehead atoms. The highest BCUT2D eigenvalue weighted by molar-refractivity contribution is 6.31. The molecule has 2 rings (SSSR count). The molecular formula is C15H22ClN3O. The molecule has 4 nitrogen and oxygen atoms in total. The van der Waals surface area contributed by atoms with E-state index in [1.54, 1.807) is 7.05 Å². The van der Waals surface area contributed by atoms with Crippen molar-refractivity contribution in [3.63, 3.8) is 0 Å². The number of anilines is 2. The van der Waals surface area contributed by atoms with E-state index in [4.69, 9.17) is 11.6 Å². The molecule has 0 saturated carbocycles. The fraction of sp³-hybridized carbons (Fsp3) is 0.533. The number of piperidine rings is 1. The van der Waals surface area contributed by atoms with Crippen molar-refractivity contribution in [2.24, 2.45) is 5.92 Å². The Labute approximate surface area is 125 Å². The van der Waals surface area contributed by atoms with Gasteiger partial charge in [-0.25, -0.2) is 0 Å². The molecule has 1 atom stereocenters. The lowest BCUT2D eigenvalue weighted by Gasteiger charge is -2.34. The third kappa shape index (κ3) is 3.87. The van der Waals surface area contributed by atoms with E-state index in [1.807, 2.05) is 18.2 Å². The van der Waals surface area contributed by atoms with Gasteiger partial charge in [0.25, 0.3) is 0 Å². The van der Waals surface area contributed by atoms with Crippen molar-refractivity contribution >= 4 is 28.9 Å². The van der Waals surface area contributed by atoms with E-state index in [0.717, 1.165) is 24.5 Å². The fourth-order valence-electron chi connectivity index (χ4n) is 2.65. The van der Waals surface area contributed by atoms with E-state index in [0.29, 0.717) is 17.5 Å². The topological polar surface area (TPSA) is 44.4 Å². The number of nitrogens with zero attached hydrogens (tertiary/aromatic N) is 1. The van der Waals surface area contributed by atoms with Crippen LogP contribution in [0.3, 0.4) is 0 Å². The first kappa shape index (κ1) is 15.1. The van der Waals surface area contributed by atoms with Crippen LogP contribution >= 0.6 is 11.6 Å². The number of carbonyl (C=O) groups excluding carboxylic acids is 1. The molecule has 0 aromatic heterocycles. The molecule has 0 spiro atoms. The summed E-state index contributed by atoms with van der Waals surface area (Å²) in [6.07, 6.45) is 2.46. The van der Waals surface area contributed by atoms with Gasteiger partial charge < -0.3 is 15.5 Å². The first-order valence-electron chi connectivity index (χ1n) is 7.09. The maximum Gasteiger partial charge on any atom is 0.238 e. The lowest BCUT2D eigenvalue weighted by Crippen LogP contribution is -2.35. The van der Waals surface area contributed by atoms with Gasteiger partial charge in [0.05, 0.1) is 17.9 Å². The molecule has 1 aliphatic heterocycles. The van der Waals surface area contributed by atoms with Crippen molar-refractivity contribution in [2.75, 3.05) is 36.9 Å². The van der Waals surface area contributed by atoms with Gasteiger partial charge in [0, 0.05) is 18.1 Å². The van der Waals surface area contributed by atoms with Gasteiger partial charge in [-0.05, 0) is 44.0 Å². The van der Waals surface area contributed by atoms with Crippen LogP contribution in [0.5, 0.6) is 0 Å². The second kappa shape index (κ2) is 6.95. The molecule has 0 radical (unpaired) electrons. The van der Waals surface area contributed by atoms with Crippen molar-refractivity contribution in [1.29, 1.82) is 0 Å². The maximum absolute atomic E-state index is 11.8. The molecule has 110 valence electrons. The molecule has 1 aromatic carbocycles. The number of amides is 1. The van der Waals surface area contributed by atoms with Crippen LogP contribution in [0.4, 0.5) is 11.4 Å². The molecule has 20 heavy (non-hydrogen) atoms. The van der Waals surface area contributed by atoms with Crippen molar-refractivity contribution in [2.45, 2.75) is 19.8 Å². The molecule has 1 unspecified atom stereocenters. The Kier molecular flexibility index (Phi) is 5.26. The Balaban J connectivity index is 2.20. The Morgan fingerprint density at radius 3 is 3.00 bits per heavy atom. The summed E-state index contributed by atoms with van der Waals surface area (Å²) in [6, 6.07) is 5.70. The molecule has 5 heteroatoms. The van der Waals surface area contributed by atoms with Crippen LogP contribution in [-0.4, -0.2) is 32.6 Å². The van der Waals surface area contributed by atoms with Crippen LogP contribution < -0.4 is 15.5 Å². The second-order valence-electron chi connectivity index (χ2n) is 5.43. The first-order chi connectivity index (χ1) is 9.60. The smallest absolute Gasteiger partial charge is 0.238 e. The molecule has 1 fully saturated rings. The number of nitrogens with one attached hydrogen (secondary N) is 2. The van der Waals surface area contributed by atoms with Crippen molar-refractivity contribution in [1.82, 2.24) is 5.32 Å². The molecule has 2 N–H and O–H groups in total. The number of rotatable bonds is 4. The third-order valence-electron chi connectivity index (χ3n) is 3.57. The summed E-state index contributed by atoms with van der Waals surface area (Å²) in [7, 11) is 1.75. The van der Waals surface area contributed by atoms with Crippen LogP contribution in [0.2, 0.25) is 5.02 Å². The Morgan fingerprint density at radius 2 is 2.30 bits per heavy atom. The zero-order valence-electron chi connectivity index (χ0n) is 12.1. The normalized spacial score (nSPS) is 18.9. The standard InChI is InChI=1S/C15H22ClN3O/c1-11-4-3-7-19(10-11)14-6-5-12(16)8-13(14)18-15(20)9-17-2/h5-6,8,11,17H,3-4,7,9-10H2,1-2H3,(H,18,20). The first-order valence-corrected chi connectivity index (χ1v) is 7.47. The molecule has 1 aliphatic rings. The lowest BCUT2D eigenvalue weighted by molar-refractivity contribution is -0.115. The van der Waals surface area contributed by atoms with E-state index < -0.39 is 0 Å². The summed E-state index contributed by atoms with van der Waals surface area (Å²) in [5.74, 6) is 0.626. The van der Waals surface area contributed by atoms with Crippen molar-refractivity contribution in [3.05, 3.63) is 23.2 Å². The van der Waals surface area contributed by atoms with E-state index in [1.165, 1.54) is 12.8 Å². The van der Waals surface area contributed by atoms with E-state index >= 15 is 0 Å². The van der Waals surface area contributed by atoms with Crippen LogP contribution in [0.15, 0.2) is 18.2 Å². The predicted octanol–water partition coefficient (Wildman–Crippen LogP) is 2.73. The van der Waals surface area contributed by atoms with Gasteiger partial charge in [0.15, 0.2) is 0 Å². The zero-order chi connectivity index (χ0) is 14.5. The number of benzene rings is 1. The van der Waals surface area contributed by atoms with Gasteiger partial charge in [0.1, 0.15) is 0 Å². The minimum absolute atomic E-state index is 0.0546. The van der Waals surface area contributed by atoms with Gasteiger partial charge in [-0.15, -0.1) is 0 Å². The Hall–Kier alpha value is -1.26. The molecule has 1 amide bonds. The van der Waals surface area contributed by atoms with E-state index in [2.05, 4.69) is 22.5 Å². The second-order valence-corrected chi connectivity index (χ2v) is 5.87. The van der Waals surface area contributed by atoms with Crippen molar-refractivity contribution < 1.29 is 4.79 Å². The molecule has 1 aromatic rings. The number of halogens is 1. The SMILES string of the molecule is CNCC(=O)Nc1cc(Cl)ccc1N1CCCC(C)C1. The highest BCUT2D eigenvalue weighted by Gasteiger charge is 2.19. The van der Waals surface area contributed by atoms with E-state index in [9.17, 15) is 4.79 Å². The molecule has 1 saturated heterocycles. The highest BCUT2D eigenvalue weighted by atomic mass is 35.5. The monoisotopic (exact) mass is 295 g/mol. The Bertz CT molecular complexity index is 478.